The lowest BCUT2D eigenvalue weighted by molar-refractivity contribution is 0.0258. The molecule has 3 aromatic heterocycles. The normalized spacial score (nSPS) is 13.8. The highest BCUT2D eigenvalue weighted by Crippen LogP contribution is 2.35. The maximum atomic E-state index is 13.0. The average molecular weight is 522 g/mol. The van der Waals surface area contributed by atoms with Crippen LogP contribution >= 0.6 is 11.3 Å². The van der Waals surface area contributed by atoms with Crippen LogP contribution in [0.15, 0.2) is 59.7 Å². The van der Waals surface area contributed by atoms with Crippen LogP contribution in [-0.2, 0) is 24.2 Å². The smallest absolute Gasteiger partial charge is 0.410 e. The molecule has 0 bridgehead atoms. The Kier molecular flexibility index (Phi) is 6.72. The highest BCUT2D eigenvalue weighted by Gasteiger charge is 2.26. The number of hydrogen-bond acceptors (Lipinski definition) is 6. The zero-order valence-electron chi connectivity index (χ0n) is 21.0. The van der Waals surface area contributed by atoms with E-state index in [1.807, 2.05) is 39.0 Å². The quantitative estimate of drug-likeness (QED) is 0.355. The summed E-state index contributed by atoms with van der Waals surface area (Å²) in [5.41, 5.74) is 1.81. The predicted octanol–water partition coefficient (Wildman–Crippen LogP) is 5.50. The number of rotatable bonds is 4. The van der Waals surface area contributed by atoms with Crippen LogP contribution in [-0.4, -0.2) is 39.2 Å². The monoisotopic (exact) mass is 521 g/mol. The van der Waals surface area contributed by atoms with E-state index in [2.05, 4.69) is 4.98 Å². The van der Waals surface area contributed by atoms with Crippen molar-refractivity contribution in [2.24, 2.45) is 0 Å². The van der Waals surface area contributed by atoms with E-state index in [1.165, 1.54) is 27.3 Å². The van der Waals surface area contributed by atoms with Crippen LogP contribution in [0, 0.1) is 5.82 Å². The number of nitrogens with zero attached hydrogens (tertiary/aromatic N) is 3. The summed E-state index contributed by atoms with van der Waals surface area (Å²) in [4.78, 5) is 32.5. The van der Waals surface area contributed by atoms with Gasteiger partial charge in [-0.2, -0.15) is 0 Å². The minimum absolute atomic E-state index is 0.136. The number of carbonyl (C=O) groups excluding carboxylic acids is 1. The third-order valence-corrected chi connectivity index (χ3v) is 7.37. The molecule has 0 radical (unpaired) electrons. The molecule has 0 fully saturated rings. The van der Waals surface area contributed by atoms with Gasteiger partial charge in [0, 0.05) is 40.6 Å². The van der Waals surface area contributed by atoms with E-state index < -0.39 is 11.4 Å². The summed E-state index contributed by atoms with van der Waals surface area (Å²) in [6.45, 7) is 6.97. The van der Waals surface area contributed by atoms with Crippen molar-refractivity contribution in [1.82, 2.24) is 14.5 Å². The zero-order valence-corrected chi connectivity index (χ0v) is 21.8. The number of pyridine rings is 2. The molecule has 0 saturated heterocycles. The zero-order chi connectivity index (χ0) is 26.2. The van der Waals surface area contributed by atoms with Crippen LogP contribution in [0.2, 0.25) is 0 Å². The van der Waals surface area contributed by atoms with Crippen molar-refractivity contribution in [3.63, 3.8) is 0 Å². The largest absolute Gasteiger partial charge is 0.487 e. The fourth-order valence-corrected chi connectivity index (χ4v) is 5.55. The van der Waals surface area contributed by atoms with E-state index >= 15 is 0 Å². The Labute approximate surface area is 218 Å². The highest BCUT2D eigenvalue weighted by molar-refractivity contribution is 7.19. The molecule has 37 heavy (non-hydrogen) atoms. The lowest BCUT2D eigenvalue weighted by atomic mass is 10.1. The molecule has 192 valence electrons. The Hall–Kier alpha value is -3.72. The highest BCUT2D eigenvalue weighted by atomic mass is 32.1. The van der Waals surface area contributed by atoms with Crippen molar-refractivity contribution >= 4 is 27.5 Å². The Morgan fingerprint density at radius 3 is 2.65 bits per heavy atom. The van der Waals surface area contributed by atoms with Crippen LogP contribution in [0.3, 0.4) is 0 Å². The van der Waals surface area contributed by atoms with Crippen molar-refractivity contribution < 1.29 is 18.7 Å². The van der Waals surface area contributed by atoms with E-state index in [0.717, 1.165) is 30.1 Å². The third kappa shape index (κ3) is 5.67. The van der Waals surface area contributed by atoms with Gasteiger partial charge in [-0.25, -0.2) is 9.18 Å². The second kappa shape index (κ2) is 9.97. The number of thiophene rings is 1. The molecular formula is C28H28FN3O4S. The number of carbonyl (C=O) groups is 1. The molecule has 5 rings (SSSR count). The molecule has 1 amide bonds. The number of fused-ring (bicyclic) bond motifs is 3. The van der Waals surface area contributed by atoms with Gasteiger partial charge >= 0.3 is 6.09 Å². The fourth-order valence-electron chi connectivity index (χ4n) is 4.33. The molecule has 4 aromatic rings. The van der Waals surface area contributed by atoms with E-state index in [-0.39, 0.29) is 18.3 Å². The van der Waals surface area contributed by atoms with Crippen LogP contribution in [0.25, 0.3) is 15.8 Å². The lowest BCUT2D eigenvalue weighted by Gasteiger charge is -2.26. The van der Waals surface area contributed by atoms with E-state index in [9.17, 15) is 14.0 Å². The first-order valence-corrected chi connectivity index (χ1v) is 13.0. The van der Waals surface area contributed by atoms with Crippen LogP contribution in [0.1, 0.15) is 36.9 Å². The minimum atomic E-state index is -0.526. The van der Waals surface area contributed by atoms with Gasteiger partial charge in [0.1, 0.15) is 23.8 Å². The number of halogens is 1. The molecule has 7 nitrogen and oxygen atoms in total. The van der Waals surface area contributed by atoms with Crippen molar-refractivity contribution in [1.29, 1.82) is 0 Å². The van der Waals surface area contributed by atoms with E-state index in [1.54, 1.807) is 39.1 Å². The summed E-state index contributed by atoms with van der Waals surface area (Å²) >= 11 is 1.74. The summed E-state index contributed by atoms with van der Waals surface area (Å²) in [6, 6.07) is 12.0. The third-order valence-electron chi connectivity index (χ3n) is 6.09. The maximum absolute atomic E-state index is 13.0. The van der Waals surface area contributed by atoms with Crippen molar-refractivity contribution in [3.05, 3.63) is 87.2 Å². The average Bonchev–Trinajstić information content (AvgIpc) is 3.05. The van der Waals surface area contributed by atoms with Gasteiger partial charge in [0.05, 0.1) is 11.9 Å². The first-order valence-electron chi connectivity index (χ1n) is 12.1. The van der Waals surface area contributed by atoms with E-state index in [0.29, 0.717) is 24.5 Å². The number of amides is 1. The second-order valence-electron chi connectivity index (χ2n) is 9.98. The van der Waals surface area contributed by atoms with Gasteiger partial charge in [-0.3, -0.25) is 14.3 Å². The molecule has 9 heteroatoms. The van der Waals surface area contributed by atoms with Gasteiger partial charge in [0.25, 0.3) is 5.56 Å². The summed E-state index contributed by atoms with van der Waals surface area (Å²) in [7, 11) is 0. The van der Waals surface area contributed by atoms with Gasteiger partial charge in [0.2, 0.25) is 0 Å². The standard InChI is InChI=1S/C28H28FN3O4S/c1-28(2,3)36-27(34)31-11-9-22-23-14-20(6-7-24(23)37-25(22)10-12-31)32-13-8-21(15-26(32)33)35-17-19-5-4-18(29)16-30-19/h4-8,13-16H,9-12,17H2,1-3H3. The molecule has 0 spiro atoms. The molecule has 4 heterocycles. The minimum Gasteiger partial charge on any atom is -0.487 e. The number of ether oxygens (including phenoxy) is 2. The summed E-state index contributed by atoms with van der Waals surface area (Å²) in [6.07, 6.45) is 4.05. The molecule has 0 N–H and O–H groups in total. The Morgan fingerprint density at radius 1 is 1.11 bits per heavy atom. The molecule has 1 aliphatic rings. The maximum Gasteiger partial charge on any atom is 0.410 e. The van der Waals surface area contributed by atoms with Gasteiger partial charge < -0.3 is 14.4 Å². The predicted molar refractivity (Wildman–Crippen MR) is 141 cm³/mol. The van der Waals surface area contributed by atoms with Gasteiger partial charge in [-0.15, -0.1) is 11.3 Å². The number of aromatic nitrogens is 2. The van der Waals surface area contributed by atoms with Gasteiger partial charge in [-0.05, 0) is 81.0 Å². The second-order valence-corrected chi connectivity index (χ2v) is 11.1. The van der Waals surface area contributed by atoms with Crippen molar-refractivity contribution in [2.45, 2.75) is 45.8 Å². The van der Waals surface area contributed by atoms with Crippen LogP contribution < -0.4 is 10.3 Å². The molecule has 0 unspecified atom stereocenters. The number of hydrogen-bond donors (Lipinski definition) is 0. The molecular weight excluding hydrogens is 493 g/mol. The molecule has 0 saturated carbocycles. The SMILES string of the molecule is CC(C)(C)OC(=O)N1CCc2sc3ccc(-n4ccc(OCc5ccc(F)cn5)cc4=O)cc3c2CC1. The Balaban J connectivity index is 1.34. The van der Waals surface area contributed by atoms with Gasteiger partial charge in [-0.1, -0.05) is 0 Å². The van der Waals surface area contributed by atoms with Crippen molar-refractivity contribution in [3.8, 4) is 11.4 Å². The fraction of sp³-hybridized carbons (Fsp3) is 0.321. The first-order chi connectivity index (χ1) is 17.7. The van der Waals surface area contributed by atoms with Gasteiger partial charge in [0.15, 0.2) is 0 Å². The van der Waals surface area contributed by atoms with Crippen LogP contribution in [0.5, 0.6) is 5.75 Å². The lowest BCUT2D eigenvalue weighted by Crippen LogP contribution is -2.38. The van der Waals surface area contributed by atoms with Crippen LogP contribution in [0.4, 0.5) is 9.18 Å². The summed E-state index contributed by atoms with van der Waals surface area (Å²) < 4.78 is 27.0. The molecule has 1 aliphatic heterocycles. The first kappa shape index (κ1) is 25.0. The number of benzene rings is 1. The molecule has 0 atom stereocenters. The topological polar surface area (TPSA) is 73.7 Å². The molecule has 0 aliphatic carbocycles. The molecule has 1 aromatic carbocycles. The summed E-state index contributed by atoms with van der Waals surface area (Å²) in [5.74, 6) is 0.00582. The van der Waals surface area contributed by atoms with Crippen molar-refractivity contribution in [2.75, 3.05) is 13.1 Å². The van der Waals surface area contributed by atoms with E-state index in [4.69, 9.17) is 9.47 Å². The summed E-state index contributed by atoms with van der Waals surface area (Å²) in [5, 5.41) is 1.11. The Bertz CT molecular complexity index is 1500. The Morgan fingerprint density at radius 2 is 1.92 bits per heavy atom.